The number of hydrogen-bond donors (Lipinski definition) is 1. The molecule has 0 amide bonds. The Morgan fingerprint density at radius 1 is 1.00 bits per heavy atom. The SMILES string of the molecule is NCC1(C2Cc3ccccc3C2)CCC(F)(F)CC1. The predicted molar refractivity (Wildman–Crippen MR) is 72.2 cm³/mol. The highest BCUT2D eigenvalue weighted by atomic mass is 19.3. The van der Waals surface area contributed by atoms with E-state index in [0.717, 1.165) is 12.8 Å². The molecule has 1 nitrogen and oxygen atoms in total. The van der Waals surface area contributed by atoms with Gasteiger partial charge in [0.05, 0.1) is 0 Å². The van der Waals surface area contributed by atoms with E-state index in [2.05, 4.69) is 24.3 Å². The van der Waals surface area contributed by atoms with Crippen molar-refractivity contribution in [1.82, 2.24) is 0 Å². The molecule has 0 aliphatic heterocycles. The van der Waals surface area contributed by atoms with Crippen molar-refractivity contribution < 1.29 is 8.78 Å². The first-order chi connectivity index (χ1) is 9.05. The van der Waals surface area contributed by atoms with Crippen LogP contribution in [0.25, 0.3) is 0 Å². The van der Waals surface area contributed by atoms with Crippen molar-refractivity contribution in [2.45, 2.75) is 44.4 Å². The van der Waals surface area contributed by atoms with Crippen molar-refractivity contribution in [3.8, 4) is 0 Å². The molecule has 2 aliphatic rings. The van der Waals surface area contributed by atoms with Gasteiger partial charge in [0.1, 0.15) is 0 Å². The molecule has 0 saturated heterocycles. The van der Waals surface area contributed by atoms with Crippen LogP contribution in [0.4, 0.5) is 8.78 Å². The van der Waals surface area contributed by atoms with Crippen LogP contribution >= 0.6 is 0 Å². The van der Waals surface area contributed by atoms with E-state index in [1.54, 1.807) is 0 Å². The molecule has 0 spiro atoms. The molecule has 0 radical (unpaired) electrons. The highest BCUT2D eigenvalue weighted by Gasteiger charge is 2.47. The standard InChI is InChI=1S/C16H21F2N/c17-16(18)7-5-15(11-19,6-8-16)14-9-12-3-1-2-4-13(12)10-14/h1-4,14H,5-11,19H2. The molecule has 104 valence electrons. The molecule has 0 heterocycles. The molecular weight excluding hydrogens is 244 g/mol. The van der Waals surface area contributed by atoms with Crippen LogP contribution < -0.4 is 5.73 Å². The maximum Gasteiger partial charge on any atom is 0.248 e. The fourth-order valence-electron chi connectivity index (χ4n) is 3.88. The highest BCUT2D eigenvalue weighted by Crippen LogP contribution is 2.50. The lowest BCUT2D eigenvalue weighted by Crippen LogP contribution is -2.44. The molecule has 2 N–H and O–H groups in total. The summed E-state index contributed by atoms with van der Waals surface area (Å²) >= 11 is 0. The number of fused-ring (bicyclic) bond motifs is 1. The lowest BCUT2D eigenvalue weighted by Gasteiger charge is -2.43. The van der Waals surface area contributed by atoms with Crippen LogP contribution in [0.1, 0.15) is 36.8 Å². The van der Waals surface area contributed by atoms with E-state index in [1.165, 1.54) is 11.1 Å². The quantitative estimate of drug-likeness (QED) is 0.869. The summed E-state index contributed by atoms with van der Waals surface area (Å²) in [6.45, 7) is 0.543. The summed E-state index contributed by atoms with van der Waals surface area (Å²) in [7, 11) is 0. The van der Waals surface area contributed by atoms with Gasteiger partial charge in [-0.05, 0) is 54.7 Å². The molecule has 0 unspecified atom stereocenters. The zero-order chi connectivity index (χ0) is 13.5. The number of alkyl halides is 2. The van der Waals surface area contributed by atoms with Gasteiger partial charge in [0.2, 0.25) is 5.92 Å². The molecule has 19 heavy (non-hydrogen) atoms. The van der Waals surface area contributed by atoms with Crippen LogP contribution in [0.3, 0.4) is 0 Å². The first-order valence-electron chi connectivity index (χ1n) is 7.19. The minimum Gasteiger partial charge on any atom is -0.330 e. The van der Waals surface area contributed by atoms with Crippen LogP contribution in [0, 0.1) is 11.3 Å². The smallest absolute Gasteiger partial charge is 0.248 e. The maximum atomic E-state index is 13.4. The van der Waals surface area contributed by atoms with Crippen LogP contribution in [0.5, 0.6) is 0 Å². The molecule has 0 bridgehead atoms. The van der Waals surface area contributed by atoms with Crippen LogP contribution in [-0.4, -0.2) is 12.5 Å². The molecule has 0 atom stereocenters. The Bertz CT molecular complexity index is 435. The van der Waals surface area contributed by atoms with E-state index in [0.29, 0.717) is 25.3 Å². The average molecular weight is 265 g/mol. The molecule has 3 heteroatoms. The third-order valence-corrected chi connectivity index (χ3v) is 5.30. The summed E-state index contributed by atoms with van der Waals surface area (Å²) in [5.74, 6) is -2.02. The second kappa shape index (κ2) is 4.55. The summed E-state index contributed by atoms with van der Waals surface area (Å²) in [6.07, 6.45) is 3.20. The van der Waals surface area contributed by atoms with Gasteiger partial charge in [-0.1, -0.05) is 24.3 Å². The first-order valence-corrected chi connectivity index (χ1v) is 7.19. The fourth-order valence-corrected chi connectivity index (χ4v) is 3.88. The number of rotatable bonds is 2. The predicted octanol–water partition coefficient (Wildman–Crippen LogP) is 3.56. The Hall–Kier alpha value is -0.960. The summed E-state index contributed by atoms with van der Waals surface area (Å²) < 4.78 is 26.8. The molecule has 1 fully saturated rings. The van der Waals surface area contributed by atoms with Gasteiger partial charge in [0.15, 0.2) is 0 Å². The third-order valence-electron chi connectivity index (χ3n) is 5.30. The van der Waals surface area contributed by atoms with Gasteiger partial charge >= 0.3 is 0 Å². The van der Waals surface area contributed by atoms with Crippen LogP contribution in [-0.2, 0) is 12.8 Å². The van der Waals surface area contributed by atoms with E-state index in [-0.39, 0.29) is 18.3 Å². The van der Waals surface area contributed by atoms with Gasteiger partial charge in [0.25, 0.3) is 0 Å². The summed E-state index contributed by atoms with van der Waals surface area (Å²) in [5.41, 5.74) is 8.70. The van der Waals surface area contributed by atoms with Crippen molar-refractivity contribution in [1.29, 1.82) is 0 Å². The monoisotopic (exact) mass is 265 g/mol. The number of nitrogens with two attached hydrogens (primary N) is 1. The van der Waals surface area contributed by atoms with Gasteiger partial charge < -0.3 is 5.73 Å². The Labute approximate surface area is 113 Å². The Kier molecular flexibility index (Phi) is 3.12. The van der Waals surface area contributed by atoms with Gasteiger partial charge in [-0.15, -0.1) is 0 Å². The minimum absolute atomic E-state index is 0.0110. The fraction of sp³-hybridized carbons (Fsp3) is 0.625. The molecule has 2 aliphatic carbocycles. The van der Waals surface area contributed by atoms with Gasteiger partial charge in [0, 0.05) is 12.8 Å². The largest absolute Gasteiger partial charge is 0.330 e. The lowest BCUT2D eigenvalue weighted by molar-refractivity contribution is -0.0777. The Morgan fingerprint density at radius 2 is 1.53 bits per heavy atom. The van der Waals surface area contributed by atoms with E-state index >= 15 is 0 Å². The second-order valence-electron chi connectivity index (χ2n) is 6.30. The zero-order valence-electron chi connectivity index (χ0n) is 11.2. The van der Waals surface area contributed by atoms with Crippen molar-refractivity contribution in [3.63, 3.8) is 0 Å². The number of benzene rings is 1. The van der Waals surface area contributed by atoms with E-state index < -0.39 is 5.92 Å². The van der Waals surface area contributed by atoms with Gasteiger partial charge in [-0.25, -0.2) is 8.78 Å². The van der Waals surface area contributed by atoms with E-state index in [9.17, 15) is 8.78 Å². The van der Waals surface area contributed by atoms with E-state index in [4.69, 9.17) is 5.73 Å². The molecule has 1 aromatic carbocycles. The highest BCUT2D eigenvalue weighted by molar-refractivity contribution is 5.33. The summed E-state index contributed by atoms with van der Waals surface area (Å²) in [4.78, 5) is 0. The van der Waals surface area contributed by atoms with E-state index in [1.807, 2.05) is 0 Å². The molecular formula is C16H21F2N. The number of halogens is 2. The summed E-state index contributed by atoms with van der Waals surface area (Å²) in [5, 5.41) is 0. The van der Waals surface area contributed by atoms with Crippen molar-refractivity contribution in [2.75, 3.05) is 6.54 Å². The topological polar surface area (TPSA) is 26.0 Å². The van der Waals surface area contributed by atoms with Crippen molar-refractivity contribution in [2.24, 2.45) is 17.1 Å². The molecule has 3 rings (SSSR count). The Balaban J connectivity index is 1.79. The lowest BCUT2D eigenvalue weighted by atomic mass is 9.64. The molecule has 0 aromatic heterocycles. The number of hydrogen-bond acceptors (Lipinski definition) is 1. The normalized spacial score (nSPS) is 25.2. The molecule has 1 saturated carbocycles. The summed E-state index contributed by atoms with van der Waals surface area (Å²) in [6, 6.07) is 8.45. The van der Waals surface area contributed by atoms with Gasteiger partial charge in [-0.2, -0.15) is 0 Å². The van der Waals surface area contributed by atoms with Gasteiger partial charge in [-0.3, -0.25) is 0 Å². The third kappa shape index (κ3) is 2.29. The molecule has 1 aromatic rings. The second-order valence-corrected chi connectivity index (χ2v) is 6.30. The minimum atomic E-state index is -2.47. The zero-order valence-corrected chi connectivity index (χ0v) is 11.2. The van der Waals surface area contributed by atoms with Crippen molar-refractivity contribution >= 4 is 0 Å². The van der Waals surface area contributed by atoms with Crippen LogP contribution in [0.2, 0.25) is 0 Å². The average Bonchev–Trinajstić information content (AvgIpc) is 2.84. The maximum absolute atomic E-state index is 13.4. The first kappa shape index (κ1) is 13.0. The van der Waals surface area contributed by atoms with Crippen molar-refractivity contribution in [3.05, 3.63) is 35.4 Å². The van der Waals surface area contributed by atoms with Crippen LogP contribution in [0.15, 0.2) is 24.3 Å². The Morgan fingerprint density at radius 3 is 2.00 bits per heavy atom.